The van der Waals surface area contributed by atoms with Crippen LogP contribution in [-0.4, -0.2) is 46.8 Å². The molecule has 2 fully saturated rings. The molecule has 3 rings (SSSR count). The van der Waals surface area contributed by atoms with Gasteiger partial charge in [0.25, 0.3) is 5.91 Å². The van der Waals surface area contributed by atoms with Gasteiger partial charge >= 0.3 is 0 Å². The summed E-state index contributed by atoms with van der Waals surface area (Å²) in [5.74, 6) is 1.95. The molecule has 0 unspecified atom stereocenters. The smallest absolute Gasteiger partial charge is 0.257 e. The lowest BCUT2D eigenvalue weighted by molar-refractivity contribution is 0.0757. The minimum Gasteiger partial charge on any atom is -0.339 e. The maximum absolute atomic E-state index is 12.9. The molecule has 1 aromatic heterocycles. The highest BCUT2D eigenvalue weighted by atomic mass is 35.5. The Kier molecular flexibility index (Phi) is 5.50. The lowest BCUT2D eigenvalue weighted by Crippen LogP contribution is -2.33. The summed E-state index contributed by atoms with van der Waals surface area (Å²) in [6.45, 7) is 8.20. The number of likely N-dealkylation sites (tertiary alicyclic amines) is 1. The van der Waals surface area contributed by atoms with Crippen LogP contribution in [-0.2, 0) is 7.05 Å². The number of nitrogens with one attached hydrogen (secondary N) is 1. The zero-order valence-electron chi connectivity index (χ0n) is 13.7. The minimum absolute atomic E-state index is 0. The molecule has 5 nitrogen and oxygen atoms in total. The largest absolute Gasteiger partial charge is 0.339 e. The van der Waals surface area contributed by atoms with Crippen molar-refractivity contribution in [3.8, 4) is 0 Å². The molecule has 0 radical (unpaired) electrons. The number of amides is 1. The predicted octanol–water partition coefficient (Wildman–Crippen LogP) is 2.04. The Morgan fingerprint density at radius 1 is 1.27 bits per heavy atom. The highest BCUT2D eigenvalue weighted by molar-refractivity contribution is 5.95. The Morgan fingerprint density at radius 3 is 2.41 bits per heavy atom. The van der Waals surface area contributed by atoms with Gasteiger partial charge in [0.05, 0.1) is 11.3 Å². The van der Waals surface area contributed by atoms with E-state index < -0.39 is 0 Å². The van der Waals surface area contributed by atoms with Crippen molar-refractivity contribution in [3.63, 3.8) is 0 Å². The van der Waals surface area contributed by atoms with Gasteiger partial charge in [0.1, 0.15) is 0 Å². The summed E-state index contributed by atoms with van der Waals surface area (Å²) >= 11 is 0. The fraction of sp³-hybridized carbons (Fsp3) is 0.750. The van der Waals surface area contributed by atoms with E-state index in [2.05, 4.69) is 24.3 Å². The average Bonchev–Trinajstić information content (AvgIpc) is 3.00. The third-order valence-corrected chi connectivity index (χ3v) is 4.94. The van der Waals surface area contributed by atoms with E-state index >= 15 is 0 Å². The SMILES string of the molecule is CC(C)c1nn(C)cc1C(=O)N1CC[C@@H]2CNC[C@@H]2CC1.Cl. The molecule has 2 saturated heterocycles. The van der Waals surface area contributed by atoms with Crippen molar-refractivity contribution >= 4 is 18.3 Å². The molecule has 0 saturated carbocycles. The lowest BCUT2D eigenvalue weighted by Gasteiger charge is -2.21. The van der Waals surface area contributed by atoms with Crippen LogP contribution in [0.5, 0.6) is 0 Å². The second-order valence-electron chi connectivity index (χ2n) is 6.80. The average molecular weight is 327 g/mol. The minimum atomic E-state index is 0. The van der Waals surface area contributed by atoms with Crippen LogP contribution in [0.2, 0.25) is 0 Å². The Morgan fingerprint density at radius 2 is 1.86 bits per heavy atom. The number of fused-ring (bicyclic) bond motifs is 1. The van der Waals surface area contributed by atoms with Crippen molar-refractivity contribution in [2.24, 2.45) is 18.9 Å². The number of hydrogen-bond acceptors (Lipinski definition) is 3. The first-order valence-electron chi connectivity index (χ1n) is 8.09. The van der Waals surface area contributed by atoms with Gasteiger partial charge < -0.3 is 10.2 Å². The van der Waals surface area contributed by atoms with Gasteiger partial charge in [0.2, 0.25) is 0 Å². The molecule has 1 N–H and O–H groups in total. The van der Waals surface area contributed by atoms with Crippen LogP contribution >= 0.6 is 12.4 Å². The second kappa shape index (κ2) is 7.01. The second-order valence-corrected chi connectivity index (χ2v) is 6.80. The molecule has 6 heteroatoms. The number of hydrogen-bond donors (Lipinski definition) is 1. The highest BCUT2D eigenvalue weighted by Crippen LogP contribution is 2.28. The summed E-state index contributed by atoms with van der Waals surface area (Å²) in [6, 6.07) is 0. The topological polar surface area (TPSA) is 50.2 Å². The van der Waals surface area contributed by atoms with Gasteiger partial charge in [-0.2, -0.15) is 5.10 Å². The molecule has 22 heavy (non-hydrogen) atoms. The van der Waals surface area contributed by atoms with Crippen LogP contribution in [0.25, 0.3) is 0 Å². The first-order chi connectivity index (χ1) is 10.1. The summed E-state index contributed by atoms with van der Waals surface area (Å²) in [5, 5.41) is 7.94. The van der Waals surface area contributed by atoms with Gasteiger partial charge in [-0.25, -0.2) is 0 Å². The van der Waals surface area contributed by atoms with E-state index in [0.717, 1.165) is 62.1 Å². The van der Waals surface area contributed by atoms with Crippen LogP contribution in [0.1, 0.15) is 48.7 Å². The van der Waals surface area contributed by atoms with Crippen LogP contribution in [0.15, 0.2) is 6.20 Å². The summed E-state index contributed by atoms with van der Waals surface area (Å²) in [4.78, 5) is 14.9. The van der Waals surface area contributed by atoms with Crippen molar-refractivity contribution in [1.29, 1.82) is 0 Å². The highest BCUT2D eigenvalue weighted by Gasteiger charge is 2.32. The predicted molar refractivity (Wildman–Crippen MR) is 89.5 cm³/mol. The lowest BCUT2D eigenvalue weighted by atomic mass is 9.92. The van der Waals surface area contributed by atoms with Crippen LogP contribution < -0.4 is 5.32 Å². The summed E-state index contributed by atoms with van der Waals surface area (Å²) in [6.07, 6.45) is 4.13. The van der Waals surface area contributed by atoms with E-state index in [9.17, 15) is 4.79 Å². The van der Waals surface area contributed by atoms with Gasteiger partial charge in [0.15, 0.2) is 0 Å². The molecule has 1 aromatic rings. The molecule has 0 aliphatic carbocycles. The summed E-state index contributed by atoms with van der Waals surface area (Å²) in [5.41, 5.74) is 1.71. The fourth-order valence-corrected chi connectivity index (χ4v) is 3.69. The third kappa shape index (κ3) is 3.30. The van der Waals surface area contributed by atoms with Gasteiger partial charge in [0, 0.05) is 26.3 Å². The van der Waals surface area contributed by atoms with Crippen molar-refractivity contribution in [2.75, 3.05) is 26.2 Å². The maximum Gasteiger partial charge on any atom is 0.257 e. The number of halogens is 1. The Hall–Kier alpha value is -1.07. The van der Waals surface area contributed by atoms with E-state index in [4.69, 9.17) is 0 Å². The van der Waals surface area contributed by atoms with Crippen LogP contribution in [0, 0.1) is 11.8 Å². The number of carbonyl (C=O) groups excluding carboxylic acids is 1. The molecule has 1 amide bonds. The molecule has 3 heterocycles. The molecule has 0 bridgehead atoms. The standard InChI is InChI=1S/C16H26N4O.ClH/c1-11(2)15-14(10-19(3)18-15)16(21)20-6-4-12-8-17-9-13(12)5-7-20;/h10-13,17H,4-9H2,1-3H3;1H/t12-,13+;. The van der Waals surface area contributed by atoms with E-state index in [1.165, 1.54) is 0 Å². The van der Waals surface area contributed by atoms with E-state index in [1.807, 2.05) is 18.1 Å². The monoisotopic (exact) mass is 326 g/mol. The van der Waals surface area contributed by atoms with Crippen molar-refractivity contribution in [3.05, 3.63) is 17.5 Å². The first kappa shape index (κ1) is 17.3. The molecular weight excluding hydrogens is 300 g/mol. The van der Waals surface area contributed by atoms with Crippen molar-refractivity contribution in [2.45, 2.75) is 32.6 Å². The van der Waals surface area contributed by atoms with Crippen LogP contribution in [0.4, 0.5) is 0 Å². The number of aromatic nitrogens is 2. The normalized spacial score (nSPS) is 24.8. The van der Waals surface area contributed by atoms with E-state index in [-0.39, 0.29) is 24.2 Å². The number of nitrogens with zero attached hydrogens (tertiary/aromatic N) is 3. The Balaban J connectivity index is 0.00000176. The summed E-state index contributed by atoms with van der Waals surface area (Å²) < 4.78 is 1.76. The van der Waals surface area contributed by atoms with Crippen molar-refractivity contribution < 1.29 is 4.79 Å². The third-order valence-electron chi connectivity index (χ3n) is 4.94. The molecule has 2 atom stereocenters. The first-order valence-corrected chi connectivity index (χ1v) is 8.09. The van der Waals surface area contributed by atoms with Crippen LogP contribution in [0.3, 0.4) is 0 Å². The van der Waals surface area contributed by atoms with Gasteiger partial charge in [-0.05, 0) is 43.7 Å². The maximum atomic E-state index is 12.9. The van der Waals surface area contributed by atoms with Gasteiger partial charge in [-0.3, -0.25) is 9.48 Å². The Bertz CT molecular complexity index is 514. The zero-order chi connectivity index (χ0) is 15.0. The zero-order valence-corrected chi connectivity index (χ0v) is 14.5. The Labute approximate surface area is 138 Å². The molecule has 0 spiro atoms. The van der Waals surface area contributed by atoms with Gasteiger partial charge in [-0.15, -0.1) is 12.4 Å². The number of aryl methyl sites for hydroxylation is 1. The van der Waals surface area contributed by atoms with E-state index in [1.54, 1.807) is 4.68 Å². The quantitative estimate of drug-likeness (QED) is 0.904. The van der Waals surface area contributed by atoms with Gasteiger partial charge in [-0.1, -0.05) is 13.8 Å². The summed E-state index contributed by atoms with van der Waals surface area (Å²) in [7, 11) is 1.89. The fourth-order valence-electron chi connectivity index (χ4n) is 3.69. The molecule has 0 aromatic carbocycles. The number of rotatable bonds is 2. The molecule has 124 valence electrons. The van der Waals surface area contributed by atoms with E-state index in [0.29, 0.717) is 0 Å². The van der Waals surface area contributed by atoms with Crippen molar-refractivity contribution in [1.82, 2.24) is 20.0 Å². The number of carbonyl (C=O) groups is 1. The molecular formula is C16H27ClN4O. The molecule has 2 aliphatic heterocycles. The molecule has 2 aliphatic rings.